The molecule has 2 aromatic rings. The molecular formula is C18H25N7O. The number of rotatable bonds is 6. The van der Waals surface area contributed by atoms with E-state index >= 15 is 0 Å². The van der Waals surface area contributed by atoms with Crippen LogP contribution in [0, 0.1) is 0 Å². The standard InChI is InChI=1S/C18H25N7O/c1-23(2)10-9-19-16-7-6-15(21-22-16)18(26)25-13-11-24(12-14-25)17-5-3-4-8-20-17/h3-8H,9-14H2,1-2H3,(H,19,22). The van der Waals surface area contributed by atoms with Gasteiger partial charge in [0, 0.05) is 45.5 Å². The fourth-order valence-corrected chi connectivity index (χ4v) is 2.79. The van der Waals surface area contributed by atoms with E-state index in [0.29, 0.717) is 24.6 Å². The van der Waals surface area contributed by atoms with Crippen molar-refractivity contribution >= 4 is 17.5 Å². The van der Waals surface area contributed by atoms with Gasteiger partial charge in [-0.25, -0.2) is 4.98 Å². The van der Waals surface area contributed by atoms with Crippen molar-refractivity contribution in [1.82, 2.24) is 25.0 Å². The van der Waals surface area contributed by atoms with Crippen molar-refractivity contribution in [2.24, 2.45) is 0 Å². The summed E-state index contributed by atoms with van der Waals surface area (Å²) in [6.07, 6.45) is 1.79. The lowest BCUT2D eigenvalue weighted by atomic mass is 10.2. The van der Waals surface area contributed by atoms with E-state index in [2.05, 4.69) is 30.3 Å². The molecule has 1 fully saturated rings. The van der Waals surface area contributed by atoms with Crippen molar-refractivity contribution in [3.8, 4) is 0 Å². The van der Waals surface area contributed by atoms with Crippen molar-refractivity contribution in [2.45, 2.75) is 0 Å². The van der Waals surface area contributed by atoms with Crippen LogP contribution in [-0.4, -0.2) is 84.3 Å². The van der Waals surface area contributed by atoms with Crippen LogP contribution in [0.5, 0.6) is 0 Å². The van der Waals surface area contributed by atoms with Gasteiger partial charge in [-0.1, -0.05) is 6.07 Å². The maximum absolute atomic E-state index is 12.6. The number of anilines is 2. The fourth-order valence-electron chi connectivity index (χ4n) is 2.79. The minimum Gasteiger partial charge on any atom is -0.367 e. The number of likely N-dealkylation sites (N-methyl/N-ethyl adjacent to an activating group) is 1. The molecule has 138 valence electrons. The van der Waals surface area contributed by atoms with Gasteiger partial charge >= 0.3 is 0 Å². The lowest BCUT2D eigenvalue weighted by molar-refractivity contribution is 0.0739. The molecular weight excluding hydrogens is 330 g/mol. The van der Waals surface area contributed by atoms with Crippen LogP contribution in [-0.2, 0) is 0 Å². The van der Waals surface area contributed by atoms with Crippen molar-refractivity contribution in [3.63, 3.8) is 0 Å². The zero-order chi connectivity index (χ0) is 18.4. The minimum absolute atomic E-state index is 0.0713. The monoisotopic (exact) mass is 355 g/mol. The molecule has 0 saturated carbocycles. The third-order valence-corrected chi connectivity index (χ3v) is 4.29. The van der Waals surface area contributed by atoms with Gasteiger partial charge < -0.3 is 20.0 Å². The Labute approximate surface area is 153 Å². The molecule has 0 unspecified atom stereocenters. The van der Waals surface area contributed by atoms with E-state index in [0.717, 1.165) is 32.0 Å². The van der Waals surface area contributed by atoms with Gasteiger partial charge in [-0.05, 0) is 38.4 Å². The summed E-state index contributed by atoms with van der Waals surface area (Å²) in [5.41, 5.74) is 0.384. The van der Waals surface area contributed by atoms with Crippen molar-refractivity contribution < 1.29 is 4.79 Å². The van der Waals surface area contributed by atoms with Crippen LogP contribution in [0.25, 0.3) is 0 Å². The predicted molar refractivity (Wildman–Crippen MR) is 101 cm³/mol. The molecule has 0 radical (unpaired) electrons. The molecule has 8 nitrogen and oxygen atoms in total. The Bertz CT molecular complexity index is 697. The van der Waals surface area contributed by atoms with Crippen LogP contribution >= 0.6 is 0 Å². The van der Waals surface area contributed by atoms with Gasteiger partial charge in [0.05, 0.1) is 0 Å². The fraction of sp³-hybridized carbons (Fsp3) is 0.444. The maximum Gasteiger partial charge on any atom is 0.274 e. The van der Waals surface area contributed by atoms with E-state index in [1.807, 2.05) is 37.2 Å². The van der Waals surface area contributed by atoms with E-state index in [9.17, 15) is 4.79 Å². The Morgan fingerprint density at radius 1 is 1.12 bits per heavy atom. The third-order valence-electron chi connectivity index (χ3n) is 4.29. The molecule has 26 heavy (non-hydrogen) atoms. The van der Waals surface area contributed by atoms with Gasteiger partial charge in [0.1, 0.15) is 11.6 Å². The predicted octanol–water partition coefficient (Wildman–Crippen LogP) is 0.807. The Hall–Kier alpha value is -2.74. The molecule has 1 saturated heterocycles. The van der Waals surface area contributed by atoms with E-state index in [1.54, 1.807) is 18.3 Å². The summed E-state index contributed by atoms with van der Waals surface area (Å²) < 4.78 is 0. The first-order chi connectivity index (χ1) is 12.6. The van der Waals surface area contributed by atoms with Crippen LogP contribution in [0.15, 0.2) is 36.5 Å². The zero-order valence-electron chi connectivity index (χ0n) is 15.3. The molecule has 1 N–H and O–H groups in total. The number of carbonyl (C=O) groups excluding carboxylic acids is 1. The normalized spacial score (nSPS) is 14.6. The molecule has 0 aromatic carbocycles. The minimum atomic E-state index is -0.0713. The van der Waals surface area contributed by atoms with Crippen LogP contribution in [0.3, 0.4) is 0 Å². The Balaban J connectivity index is 1.52. The summed E-state index contributed by atoms with van der Waals surface area (Å²) in [5.74, 6) is 1.56. The molecule has 8 heteroatoms. The first-order valence-electron chi connectivity index (χ1n) is 8.81. The van der Waals surface area contributed by atoms with Gasteiger partial charge in [0.25, 0.3) is 5.91 Å². The number of amides is 1. The second-order valence-corrected chi connectivity index (χ2v) is 6.50. The molecule has 2 aromatic heterocycles. The highest BCUT2D eigenvalue weighted by molar-refractivity contribution is 5.92. The summed E-state index contributed by atoms with van der Waals surface area (Å²) in [7, 11) is 4.03. The highest BCUT2D eigenvalue weighted by atomic mass is 16.2. The van der Waals surface area contributed by atoms with E-state index in [1.165, 1.54) is 0 Å². The number of hydrogen-bond acceptors (Lipinski definition) is 7. The van der Waals surface area contributed by atoms with E-state index in [-0.39, 0.29) is 5.91 Å². The number of pyridine rings is 1. The summed E-state index contributed by atoms with van der Waals surface area (Å²) >= 11 is 0. The largest absolute Gasteiger partial charge is 0.367 e. The van der Waals surface area contributed by atoms with Crippen LogP contribution in [0.4, 0.5) is 11.6 Å². The quantitative estimate of drug-likeness (QED) is 0.821. The average molecular weight is 355 g/mol. The molecule has 1 aliphatic rings. The van der Waals surface area contributed by atoms with Gasteiger partial charge in [-0.2, -0.15) is 0 Å². The lowest BCUT2D eigenvalue weighted by Crippen LogP contribution is -2.49. The SMILES string of the molecule is CN(C)CCNc1ccc(C(=O)N2CCN(c3ccccn3)CC2)nn1. The zero-order valence-corrected chi connectivity index (χ0v) is 15.3. The molecule has 0 bridgehead atoms. The third kappa shape index (κ3) is 4.66. The molecule has 0 aliphatic carbocycles. The van der Waals surface area contributed by atoms with Gasteiger partial charge in [0.2, 0.25) is 0 Å². The molecule has 0 atom stereocenters. The Morgan fingerprint density at radius 3 is 2.54 bits per heavy atom. The number of piperazine rings is 1. The first-order valence-corrected chi connectivity index (χ1v) is 8.81. The second kappa shape index (κ2) is 8.57. The van der Waals surface area contributed by atoms with Crippen molar-refractivity contribution in [2.75, 3.05) is 63.6 Å². The Morgan fingerprint density at radius 2 is 1.92 bits per heavy atom. The summed E-state index contributed by atoms with van der Waals surface area (Å²) in [5, 5.41) is 11.4. The van der Waals surface area contributed by atoms with Gasteiger partial charge in [-0.3, -0.25) is 4.79 Å². The van der Waals surface area contributed by atoms with Crippen LogP contribution in [0.1, 0.15) is 10.5 Å². The smallest absolute Gasteiger partial charge is 0.274 e. The van der Waals surface area contributed by atoms with Gasteiger partial charge in [-0.15, -0.1) is 10.2 Å². The molecule has 1 aliphatic heterocycles. The number of nitrogens with one attached hydrogen (secondary N) is 1. The second-order valence-electron chi connectivity index (χ2n) is 6.50. The number of aromatic nitrogens is 3. The van der Waals surface area contributed by atoms with Crippen molar-refractivity contribution in [1.29, 1.82) is 0 Å². The summed E-state index contributed by atoms with van der Waals surface area (Å²) in [6, 6.07) is 9.41. The van der Waals surface area contributed by atoms with E-state index < -0.39 is 0 Å². The highest BCUT2D eigenvalue weighted by Gasteiger charge is 2.23. The summed E-state index contributed by atoms with van der Waals surface area (Å²) in [4.78, 5) is 23.1. The maximum atomic E-state index is 12.6. The lowest BCUT2D eigenvalue weighted by Gasteiger charge is -2.35. The first kappa shape index (κ1) is 18.1. The van der Waals surface area contributed by atoms with Crippen LogP contribution in [0.2, 0.25) is 0 Å². The molecule has 3 rings (SSSR count). The number of nitrogens with zero attached hydrogens (tertiary/aromatic N) is 6. The van der Waals surface area contributed by atoms with Crippen molar-refractivity contribution in [3.05, 3.63) is 42.2 Å². The molecule has 1 amide bonds. The topological polar surface area (TPSA) is 77.5 Å². The molecule has 3 heterocycles. The number of hydrogen-bond donors (Lipinski definition) is 1. The summed E-state index contributed by atoms with van der Waals surface area (Å²) in [6.45, 7) is 4.52. The highest BCUT2D eigenvalue weighted by Crippen LogP contribution is 2.14. The van der Waals surface area contributed by atoms with Gasteiger partial charge in [0.15, 0.2) is 5.69 Å². The van der Waals surface area contributed by atoms with Crippen LogP contribution < -0.4 is 10.2 Å². The Kier molecular flexibility index (Phi) is 5.96. The molecule has 0 spiro atoms. The average Bonchev–Trinajstić information content (AvgIpc) is 2.68. The van der Waals surface area contributed by atoms with E-state index in [4.69, 9.17) is 0 Å². The number of carbonyl (C=O) groups is 1.